The summed E-state index contributed by atoms with van der Waals surface area (Å²) in [5, 5.41) is 3.04. The van der Waals surface area contributed by atoms with E-state index in [-0.39, 0.29) is 12.4 Å². The van der Waals surface area contributed by atoms with Gasteiger partial charge in [-0.3, -0.25) is 0 Å². The maximum atomic E-state index is 14.4. The molecule has 0 atom stereocenters. The SMILES string of the molecule is CNC(C)(C)c1ccc(C(F)(F)C(F)(F)c2ccccc2)cc1.Cl. The van der Waals surface area contributed by atoms with Crippen LogP contribution in [0.15, 0.2) is 54.6 Å². The zero-order valence-corrected chi connectivity index (χ0v) is 14.4. The summed E-state index contributed by atoms with van der Waals surface area (Å²) in [4.78, 5) is 0. The van der Waals surface area contributed by atoms with Crippen LogP contribution in [0.5, 0.6) is 0 Å². The van der Waals surface area contributed by atoms with Crippen LogP contribution in [0.3, 0.4) is 0 Å². The summed E-state index contributed by atoms with van der Waals surface area (Å²) in [7, 11) is 1.74. The van der Waals surface area contributed by atoms with Crippen molar-refractivity contribution in [3.8, 4) is 0 Å². The molecule has 2 aromatic carbocycles. The van der Waals surface area contributed by atoms with Crippen molar-refractivity contribution >= 4 is 12.4 Å². The molecule has 0 aromatic heterocycles. The molecule has 0 unspecified atom stereocenters. The second-order valence-electron chi connectivity index (χ2n) is 5.97. The summed E-state index contributed by atoms with van der Waals surface area (Å²) in [6, 6.07) is 11.2. The van der Waals surface area contributed by atoms with E-state index in [1.807, 2.05) is 13.8 Å². The number of alkyl halides is 4. The van der Waals surface area contributed by atoms with E-state index in [0.717, 1.165) is 29.8 Å². The van der Waals surface area contributed by atoms with E-state index in [1.165, 1.54) is 30.3 Å². The molecule has 0 aliphatic heterocycles. The van der Waals surface area contributed by atoms with E-state index < -0.39 is 28.5 Å². The first-order valence-electron chi connectivity index (χ1n) is 7.24. The third-order valence-electron chi connectivity index (χ3n) is 4.12. The molecule has 2 aromatic rings. The molecule has 0 saturated heterocycles. The molecular formula is C18H20ClF4N. The zero-order chi connectivity index (χ0) is 17.3. The van der Waals surface area contributed by atoms with Gasteiger partial charge in [0.1, 0.15) is 0 Å². The first kappa shape index (κ1) is 20.5. The molecule has 1 N–H and O–H groups in total. The number of hydrogen-bond acceptors (Lipinski definition) is 1. The van der Waals surface area contributed by atoms with Gasteiger partial charge >= 0.3 is 11.8 Å². The van der Waals surface area contributed by atoms with Gasteiger partial charge in [-0.2, -0.15) is 17.6 Å². The van der Waals surface area contributed by atoms with Crippen LogP contribution in [0, 0.1) is 0 Å². The Balaban J connectivity index is 0.00000288. The third kappa shape index (κ3) is 3.57. The molecule has 0 heterocycles. The van der Waals surface area contributed by atoms with Crippen LogP contribution in [0.25, 0.3) is 0 Å². The van der Waals surface area contributed by atoms with E-state index in [0.29, 0.717) is 0 Å². The van der Waals surface area contributed by atoms with Crippen molar-refractivity contribution in [3.05, 3.63) is 71.3 Å². The van der Waals surface area contributed by atoms with Gasteiger partial charge in [-0.25, -0.2) is 0 Å². The average Bonchev–Trinajstić information content (AvgIpc) is 2.55. The quantitative estimate of drug-likeness (QED) is 0.698. The number of nitrogens with one attached hydrogen (secondary N) is 1. The summed E-state index contributed by atoms with van der Waals surface area (Å²) in [5.74, 6) is -8.58. The Morgan fingerprint density at radius 1 is 0.667 bits per heavy atom. The van der Waals surface area contributed by atoms with Crippen molar-refractivity contribution in [2.45, 2.75) is 31.2 Å². The highest BCUT2D eigenvalue weighted by atomic mass is 35.5. The van der Waals surface area contributed by atoms with E-state index in [2.05, 4.69) is 5.32 Å². The molecule has 0 bridgehead atoms. The summed E-state index contributed by atoms with van der Waals surface area (Å²) >= 11 is 0. The molecule has 24 heavy (non-hydrogen) atoms. The lowest BCUT2D eigenvalue weighted by Gasteiger charge is -2.29. The van der Waals surface area contributed by atoms with Crippen molar-refractivity contribution in [1.29, 1.82) is 0 Å². The smallest absolute Gasteiger partial charge is 0.311 e. The zero-order valence-electron chi connectivity index (χ0n) is 13.6. The predicted octanol–water partition coefficient (Wildman–Crippen LogP) is 5.45. The number of benzene rings is 2. The number of hydrogen-bond donors (Lipinski definition) is 1. The van der Waals surface area contributed by atoms with Gasteiger partial charge in [-0.1, -0.05) is 54.6 Å². The van der Waals surface area contributed by atoms with Crippen LogP contribution in [0.2, 0.25) is 0 Å². The maximum Gasteiger partial charge on any atom is 0.339 e. The molecule has 0 spiro atoms. The number of halogens is 5. The second-order valence-corrected chi connectivity index (χ2v) is 5.97. The van der Waals surface area contributed by atoms with Gasteiger partial charge in [-0.05, 0) is 26.5 Å². The summed E-state index contributed by atoms with van der Waals surface area (Å²) < 4.78 is 57.2. The van der Waals surface area contributed by atoms with Gasteiger partial charge in [0.25, 0.3) is 0 Å². The van der Waals surface area contributed by atoms with E-state index in [1.54, 1.807) is 7.05 Å². The fourth-order valence-electron chi connectivity index (χ4n) is 2.25. The van der Waals surface area contributed by atoms with E-state index in [4.69, 9.17) is 0 Å². The minimum absolute atomic E-state index is 0. The molecule has 0 aliphatic carbocycles. The summed E-state index contributed by atoms with van der Waals surface area (Å²) in [5.41, 5.74) is -1.11. The third-order valence-corrected chi connectivity index (χ3v) is 4.12. The van der Waals surface area contributed by atoms with Crippen LogP contribution in [0.4, 0.5) is 17.6 Å². The normalized spacial score (nSPS) is 12.6. The monoisotopic (exact) mass is 361 g/mol. The molecule has 0 radical (unpaired) electrons. The van der Waals surface area contributed by atoms with E-state index in [9.17, 15) is 17.6 Å². The Bertz CT molecular complexity index is 654. The lowest BCUT2D eigenvalue weighted by Crippen LogP contribution is -2.36. The fraction of sp³-hybridized carbons (Fsp3) is 0.333. The molecule has 1 nitrogen and oxygen atoms in total. The first-order valence-corrected chi connectivity index (χ1v) is 7.24. The molecule has 0 amide bonds. The van der Waals surface area contributed by atoms with Gasteiger partial charge in [0.15, 0.2) is 0 Å². The van der Waals surface area contributed by atoms with Gasteiger partial charge in [-0.15, -0.1) is 12.4 Å². The molecule has 0 saturated carbocycles. The highest BCUT2D eigenvalue weighted by Gasteiger charge is 2.58. The molecular weight excluding hydrogens is 342 g/mol. The van der Waals surface area contributed by atoms with Crippen molar-refractivity contribution in [2.24, 2.45) is 0 Å². The van der Waals surface area contributed by atoms with Gasteiger partial charge in [0.2, 0.25) is 0 Å². The van der Waals surface area contributed by atoms with Crippen molar-refractivity contribution in [2.75, 3.05) is 7.05 Å². The highest BCUT2D eigenvalue weighted by molar-refractivity contribution is 5.85. The summed E-state index contributed by atoms with van der Waals surface area (Å²) in [6.07, 6.45) is 0. The van der Waals surface area contributed by atoms with E-state index >= 15 is 0 Å². The van der Waals surface area contributed by atoms with Crippen molar-refractivity contribution < 1.29 is 17.6 Å². The van der Waals surface area contributed by atoms with Gasteiger partial charge < -0.3 is 5.32 Å². The van der Waals surface area contributed by atoms with Gasteiger partial charge in [0, 0.05) is 16.7 Å². The largest absolute Gasteiger partial charge is 0.339 e. The minimum Gasteiger partial charge on any atom is -0.311 e. The Hall–Kier alpha value is -1.59. The molecule has 0 fully saturated rings. The van der Waals surface area contributed by atoms with Crippen molar-refractivity contribution in [3.63, 3.8) is 0 Å². The van der Waals surface area contributed by atoms with Crippen LogP contribution in [0.1, 0.15) is 30.5 Å². The van der Waals surface area contributed by atoms with Gasteiger partial charge in [0.05, 0.1) is 0 Å². The molecule has 6 heteroatoms. The Labute approximate surface area is 145 Å². The number of rotatable bonds is 5. The lowest BCUT2D eigenvalue weighted by molar-refractivity contribution is -0.223. The Morgan fingerprint density at radius 3 is 1.46 bits per heavy atom. The minimum atomic E-state index is -4.29. The Kier molecular flexibility index (Phi) is 6.06. The second kappa shape index (κ2) is 7.11. The fourth-order valence-corrected chi connectivity index (χ4v) is 2.25. The van der Waals surface area contributed by atoms with Crippen LogP contribution in [-0.4, -0.2) is 7.05 Å². The highest BCUT2D eigenvalue weighted by Crippen LogP contribution is 2.49. The predicted molar refractivity (Wildman–Crippen MR) is 90.0 cm³/mol. The van der Waals surface area contributed by atoms with Crippen LogP contribution < -0.4 is 5.32 Å². The van der Waals surface area contributed by atoms with Crippen molar-refractivity contribution in [1.82, 2.24) is 5.32 Å². The molecule has 132 valence electrons. The topological polar surface area (TPSA) is 12.0 Å². The standard InChI is InChI=1S/C18H19F4N.ClH/c1-16(2,23-3)13-9-11-15(12-10-13)18(21,22)17(19,20)14-7-5-4-6-8-14;/h4-12,23H,1-3H3;1H. The lowest BCUT2D eigenvalue weighted by atomic mass is 9.90. The maximum absolute atomic E-state index is 14.4. The average molecular weight is 362 g/mol. The summed E-state index contributed by atoms with van der Waals surface area (Å²) in [6.45, 7) is 3.75. The molecule has 0 aliphatic rings. The first-order chi connectivity index (χ1) is 10.6. The molecule has 2 rings (SSSR count). The van der Waals surface area contributed by atoms with Crippen LogP contribution in [-0.2, 0) is 17.4 Å². The Morgan fingerprint density at radius 2 is 1.04 bits per heavy atom. The van der Waals surface area contributed by atoms with Crippen LogP contribution >= 0.6 is 12.4 Å².